The van der Waals surface area contributed by atoms with Crippen LogP contribution in [-0.2, 0) is 0 Å². The van der Waals surface area contributed by atoms with Gasteiger partial charge in [0.05, 0.1) is 24.6 Å². The molecule has 2 aromatic rings. The third-order valence-electron chi connectivity index (χ3n) is 4.53. The van der Waals surface area contributed by atoms with Gasteiger partial charge < -0.3 is 19.9 Å². The summed E-state index contributed by atoms with van der Waals surface area (Å²) >= 11 is 0. The maximum Gasteiger partial charge on any atom is 0.260 e. The molecule has 0 aliphatic carbocycles. The van der Waals surface area contributed by atoms with Crippen molar-refractivity contribution in [2.24, 2.45) is 0 Å². The first-order valence-corrected chi connectivity index (χ1v) is 8.59. The Hall–Kier alpha value is -2.60. The number of hydrogen-bond acceptors (Lipinski definition) is 5. The Morgan fingerprint density at radius 3 is 2.56 bits per heavy atom. The highest BCUT2D eigenvalue weighted by molar-refractivity contribution is 6.05. The Labute approximate surface area is 148 Å². The zero-order valence-electron chi connectivity index (χ0n) is 14.7. The zero-order chi connectivity index (χ0) is 17.6. The second-order valence-electron chi connectivity index (χ2n) is 5.98. The van der Waals surface area contributed by atoms with Crippen molar-refractivity contribution in [2.45, 2.75) is 6.92 Å². The predicted octanol–water partition coefficient (Wildman–Crippen LogP) is 2.48. The minimum atomic E-state index is -0.228. The van der Waals surface area contributed by atoms with Crippen molar-refractivity contribution in [1.82, 2.24) is 9.88 Å². The van der Waals surface area contributed by atoms with E-state index in [2.05, 4.69) is 27.0 Å². The highest BCUT2D eigenvalue weighted by Crippen LogP contribution is 2.20. The van der Waals surface area contributed by atoms with Crippen molar-refractivity contribution in [1.29, 1.82) is 0 Å². The van der Waals surface area contributed by atoms with Gasteiger partial charge in [-0.3, -0.25) is 4.79 Å². The number of piperazine rings is 1. The summed E-state index contributed by atoms with van der Waals surface area (Å²) in [5.41, 5.74) is 1.58. The van der Waals surface area contributed by atoms with Crippen molar-refractivity contribution in [3.05, 3.63) is 48.2 Å². The van der Waals surface area contributed by atoms with Gasteiger partial charge in [-0.1, -0.05) is 19.1 Å². The number of anilines is 2. The average Bonchev–Trinajstić information content (AvgIpc) is 2.68. The Balaban J connectivity index is 1.64. The third-order valence-corrected chi connectivity index (χ3v) is 4.53. The summed E-state index contributed by atoms with van der Waals surface area (Å²) in [5, 5.41) is 2.82. The van der Waals surface area contributed by atoms with Gasteiger partial charge in [0.15, 0.2) is 0 Å². The molecule has 25 heavy (non-hydrogen) atoms. The maximum atomic E-state index is 12.4. The fourth-order valence-corrected chi connectivity index (χ4v) is 2.99. The van der Waals surface area contributed by atoms with Crippen molar-refractivity contribution >= 4 is 17.4 Å². The van der Waals surface area contributed by atoms with E-state index in [0.717, 1.165) is 38.4 Å². The van der Waals surface area contributed by atoms with Gasteiger partial charge in [0.1, 0.15) is 11.6 Å². The first kappa shape index (κ1) is 17.2. The average molecular weight is 340 g/mol. The number of hydrogen-bond donors (Lipinski definition) is 1. The van der Waals surface area contributed by atoms with Crippen LogP contribution in [0.2, 0.25) is 0 Å². The number of methoxy groups -OCH3 is 1. The number of likely N-dealkylation sites (N-methyl/N-ethyl adjacent to an activating group) is 1. The molecule has 1 aromatic heterocycles. The van der Waals surface area contributed by atoms with Crippen LogP contribution in [0.3, 0.4) is 0 Å². The molecule has 0 atom stereocenters. The molecule has 1 saturated heterocycles. The van der Waals surface area contributed by atoms with Crippen LogP contribution in [0.1, 0.15) is 17.3 Å². The van der Waals surface area contributed by atoms with Gasteiger partial charge in [-0.2, -0.15) is 0 Å². The maximum absolute atomic E-state index is 12.4. The van der Waals surface area contributed by atoms with Crippen LogP contribution >= 0.6 is 0 Å². The summed E-state index contributed by atoms with van der Waals surface area (Å²) in [6, 6.07) is 11.0. The lowest BCUT2D eigenvalue weighted by Gasteiger charge is -2.35. The number of para-hydroxylation sites is 1. The lowest BCUT2D eigenvalue weighted by atomic mass is 10.2. The number of pyridine rings is 1. The topological polar surface area (TPSA) is 57.7 Å². The van der Waals surface area contributed by atoms with E-state index in [1.807, 2.05) is 30.5 Å². The molecule has 0 saturated carbocycles. The van der Waals surface area contributed by atoms with Crippen LogP contribution < -0.4 is 15.0 Å². The molecule has 1 N–H and O–H groups in total. The molecule has 1 aliphatic rings. The van der Waals surface area contributed by atoms with Crippen LogP contribution in [-0.4, -0.2) is 55.6 Å². The summed E-state index contributed by atoms with van der Waals surface area (Å²) < 4.78 is 5.23. The minimum absolute atomic E-state index is 0.228. The number of carbonyl (C=O) groups excluding carboxylic acids is 1. The first-order chi connectivity index (χ1) is 12.2. The third kappa shape index (κ3) is 4.09. The van der Waals surface area contributed by atoms with Crippen molar-refractivity contribution in [3.8, 4) is 5.75 Å². The van der Waals surface area contributed by atoms with Crippen LogP contribution in [0.15, 0.2) is 42.6 Å². The zero-order valence-corrected chi connectivity index (χ0v) is 14.7. The molecule has 2 heterocycles. The van der Waals surface area contributed by atoms with Gasteiger partial charge in [0.2, 0.25) is 0 Å². The monoisotopic (exact) mass is 340 g/mol. The summed E-state index contributed by atoms with van der Waals surface area (Å²) in [6.45, 7) is 7.44. The smallest absolute Gasteiger partial charge is 0.260 e. The van der Waals surface area contributed by atoms with E-state index >= 15 is 0 Å². The molecular weight excluding hydrogens is 316 g/mol. The largest absolute Gasteiger partial charge is 0.496 e. The molecule has 1 aliphatic heterocycles. The van der Waals surface area contributed by atoms with Crippen LogP contribution in [0.4, 0.5) is 11.5 Å². The van der Waals surface area contributed by atoms with Gasteiger partial charge in [0.25, 0.3) is 5.91 Å². The van der Waals surface area contributed by atoms with E-state index in [-0.39, 0.29) is 5.91 Å². The van der Waals surface area contributed by atoms with E-state index in [1.54, 1.807) is 19.2 Å². The second-order valence-corrected chi connectivity index (χ2v) is 5.98. The van der Waals surface area contributed by atoms with Gasteiger partial charge >= 0.3 is 0 Å². The summed E-state index contributed by atoms with van der Waals surface area (Å²) in [5.74, 6) is 0.853. The SMILES string of the molecule is CCN1CCN(c2ccc(NC(=O)c3ccccc3OC)nc2)CC1. The quantitative estimate of drug-likeness (QED) is 0.906. The number of rotatable bonds is 5. The van der Waals surface area contributed by atoms with E-state index < -0.39 is 0 Å². The Bertz CT molecular complexity index is 710. The van der Waals surface area contributed by atoms with Gasteiger partial charge in [0, 0.05) is 26.2 Å². The summed E-state index contributed by atoms with van der Waals surface area (Å²) in [6.07, 6.45) is 1.82. The van der Waals surface area contributed by atoms with Crippen LogP contribution in [0.25, 0.3) is 0 Å². The Kier molecular flexibility index (Phi) is 5.50. The fraction of sp³-hybridized carbons (Fsp3) is 0.368. The lowest BCUT2D eigenvalue weighted by molar-refractivity contribution is 0.102. The number of aromatic nitrogens is 1. The molecule has 0 spiro atoms. The molecule has 1 fully saturated rings. The molecule has 132 valence electrons. The fourth-order valence-electron chi connectivity index (χ4n) is 2.99. The van der Waals surface area contributed by atoms with E-state index in [4.69, 9.17) is 4.74 Å². The number of ether oxygens (including phenoxy) is 1. The number of nitrogens with zero attached hydrogens (tertiary/aromatic N) is 3. The predicted molar refractivity (Wildman–Crippen MR) is 99.5 cm³/mol. The molecule has 6 nitrogen and oxygen atoms in total. The second kappa shape index (κ2) is 7.98. The van der Waals surface area contributed by atoms with Crippen LogP contribution in [0.5, 0.6) is 5.75 Å². The number of nitrogens with one attached hydrogen (secondary N) is 1. The Morgan fingerprint density at radius 2 is 1.92 bits per heavy atom. The number of amides is 1. The Morgan fingerprint density at radius 1 is 1.16 bits per heavy atom. The highest BCUT2D eigenvalue weighted by atomic mass is 16.5. The van der Waals surface area contributed by atoms with Crippen molar-refractivity contribution in [3.63, 3.8) is 0 Å². The molecule has 6 heteroatoms. The molecule has 1 amide bonds. The highest BCUT2D eigenvalue weighted by Gasteiger charge is 2.16. The van der Waals surface area contributed by atoms with Gasteiger partial charge in [-0.15, -0.1) is 0 Å². The lowest BCUT2D eigenvalue weighted by Crippen LogP contribution is -2.46. The molecular formula is C19H24N4O2. The normalized spacial score (nSPS) is 15.0. The number of benzene rings is 1. The van der Waals surface area contributed by atoms with Crippen LogP contribution in [0, 0.1) is 0 Å². The molecule has 1 aromatic carbocycles. The van der Waals surface area contributed by atoms with E-state index in [0.29, 0.717) is 17.1 Å². The van der Waals surface area contributed by atoms with Gasteiger partial charge in [-0.05, 0) is 30.8 Å². The first-order valence-electron chi connectivity index (χ1n) is 8.59. The molecule has 0 unspecified atom stereocenters. The molecule has 3 rings (SSSR count). The number of carbonyl (C=O) groups is 1. The van der Waals surface area contributed by atoms with E-state index in [1.165, 1.54) is 0 Å². The molecule has 0 bridgehead atoms. The molecule has 0 radical (unpaired) electrons. The standard InChI is InChI=1S/C19H24N4O2/c1-3-22-10-12-23(13-11-22)15-8-9-18(20-14-15)21-19(24)16-6-4-5-7-17(16)25-2/h4-9,14H,3,10-13H2,1-2H3,(H,20,21,24). The minimum Gasteiger partial charge on any atom is -0.496 e. The summed E-state index contributed by atoms with van der Waals surface area (Å²) in [7, 11) is 1.55. The van der Waals surface area contributed by atoms with Crippen molar-refractivity contribution < 1.29 is 9.53 Å². The summed E-state index contributed by atoms with van der Waals surface area (Å²) in [4.78, 5) is 21.5. The van der Waals surface area contributed by atoms with Gasteiger partial charge in [-0.25, -0.2) is 4.98 Å². The van der Waals surface area contributed by atoms with E-state index in [9.17, 15) is 4.79 Å². The van der Waals surface area contributed by atoms with Crippen molar-refractivity contribution in [2.75, 3.05) is 50.1 Å².